The number of fused-ring (bicyclic) bond motifs is 1. The summed E-state index contributed by atoms with van der Waals surface area (Å²) in [5.41, 5.74) is 2.89. The maximum atomic E-state index is 13.2. The number of rotatable bonds is 2. The molecule has 0 aromatic heterocycles. The van der Waals surface area contributed by atoms with E-state index >= 15 is 0 Å². The molecule has 1 heterocycles. The quantitative estimate of drug-likeness (QED) is 0.901. The Bertz CT molecular complexity index is 489. The summed E-state index contributed by atoms with van der Waals surface area (Å²) in [6.45, 7) is -0.944. The molecule has 0 saturated carbocycles. The van der Waals surface area contributed by atoms with Crippen LogP contribution in [-0.2, 0) is 11.2 Å². The van der Waals surface area contributed by atoms with Crippen LogP contribution in [0.15, 0.2) is 24.3 Å². The zero-order valence-corrected chi connectivity index (χ0v) is 9.87. The summed E-state index contributed by atoms with van der Waals surface area (Å²) in [7, 11) is 0. The van der Waals surface area contributed by atoms with Crippen molar-refractivity contribution in [1.82, 2.24) is 0 Å². The summed E-state index contributed by atoms with van der Waals surface area (Å²) in [5, 5.41) is 0. The van der Waals surface area contributed by atoms with Crippen LogP contribution in [0.3, 0.4) is 0 Å². The Morgan fingerprint density at radius 3 is 2.74 bits per heavy atom. The van der Waals surface area contributed by atoms with Crippen molar-refractivity contribution >= 4 is 6.09 Å². The van der Waals surface area contributed by atoms with Crippen LogP contribution in [0, 0.1) is 0 Å². The Morgan fingerprint density at radius 1 is 1.42 bits per heavy atom. The second-order valence-electron chi connectivity index (χ2n) is 4.31. The first-order chi connectivity index (χ1) is 8.84. The third-order valence-corrected chi connectivity index (χ3v) is 3.04. The predicted molar refractivity (Wildman–Crippen MR) is 59.7 cm³/mol. The molecule has 0 fully saturated rings. The van der Waals surface area contributed by atoms with Gasteiger partial charge in [0.1, 0.15) is 12.4 Å². The lowest BCUT2D eigenvalue weighted by molar-refractivity contribution is -0.264. The molecule has 1 atom stereocenters. The average Bonchev–Trinajstić information content (AvgIpc) is 2.34. The number of nitrogens with two attached hydrogens (primary N) is 1. The molecule has 4 nitrogen and oxygen atoms in total. The highest BCUT2D eigenvalue weighted by Crippen LogP contribution is 2.43. The van der Waals surface area contributed by atoms with Crippen LogP contribution in [0.25, 0.3) is 0 Å². The molecule has 0 radical (unpaired) electrons. The molecule has 1 amide bonds. The molecule has 104 valence electrons. The van der Waals surface area contributed by atoms with E-state index in [1.807, 2.05) is 0 Å². The number of hydrogen-bond donors (Lipinski definition) is 1. The SMILES string of the molecule is NC(=O)OCC1(C(F)(F)F)CCc2ccccc2O1. The third-order valence-electron chi connectivity index (χ3n) is 3.04. The first-order valence-electron chi connectivity index (χ1n) is 5.60. The Kier molecular flexibility index (Phi) is 3.30. The monoisotopic (exact) mass is 275 g/mol. The molecule has 2 N–H and O–H groups in total. The number of primary amides is 1. The van der Waals surface area contributed by atoms with Crippen molar-refractivity contribution in [1.29, 1.82) is 0 Å². The van der Waals surface area contributed by atoms with E-state index in [-0.39, 0.29) is 18.6 Å². The number of halogens is 3. The van der Waals surface area contributed by atoms with E-state index in [2.05, 4.69) is 4.74 Å². The molecule has 2 rings (SSSR count). The minimum absolute atomic E-state index is 0.152. The zero-order valence-electron chi connectivity index (χ0n) is 9.87. The van der Waals surface area contributed by atoms with Crippen LogP contribution in [-0.4, -0.2) is 24.5 Å². The van der Waals surface area contributed by atoms with Gasteiger partial charge >= 0.3 is 12.3 Å². The number of hydrogen-bond acceptors (Lipinski definition) is 3. The van der Waals surface area contributed by atoms with Gasteiger partial charge in [-0.15, -0.1) is 0 Å². The van der Waals surface area contributed by atoms with Gasteiger partial charge in [0.15, 0.2) is 0 Å². The zero-order chi connectivity index (χ0) is 14.1. The van der Waals surface area contributed by atoms with E-state index in [4.69, 9.17) is 10.5 Å². The van der Waals surface area contributed by atoms with Gasteiger partial charge in [-0.2, -0.15) is 13.2 Å². The average molecular weight is 275 g/mol. The van der Waals surface area contributed by atoms with Crippen LogP contribution < -0.4 is 10.5 Å². The van der Waals surface area contributed by atoms with Gasteiger partial charge in [0.2, 0.25) is 5.60 Å². The van der Waals surface area contributed by atoms with E-state index < -0.39 is 24.5 Å². The first-order valence-corrected chi connectivity index (χ1v) is 5.60. The van der Waals surface area contributed by atoms with Gasteiger partial charge in [0.25, 0.3) is 0 Å². The minimum Gasteiger partial charge on any atom is -0.474 e. The van der Waals surface area contributed by atoms with Crippen LogP contribution in [0.5, 0.6) is 5.75 Å². The van der Waals surface area contributed by atoms with Gasteiger partial charge in [-0.1, -0.05) is 18.2 Å². The van der Waals surface area contributed by atoms with Crippen LogP contribution >= 0.6 is 0 Å². The molecule has 0 aliphatic carbocycles. The number of amides is 1. The second kappa shape index (κ2) is 4.64. The lowest BCUT2D eigenvalue weighted by atomic mass is 9.91. The lowest BCUT2D eigenvalue weighted by Crippen LogP contribution is -2.56. The third kappa shape index (κ3) is 2.59. The lowest BCUT2D eigenvalue weighted by Gasteiger charge is -2.39. The topological polar surface area (TPSA) is 61.6 Å². The molecule has 1 unspecified atom stereocenters. The van der Waals surface area contributed by atoms with E-state index in [1.54, 1.807) is 18.2 Å². The van der Waals surface area contributed by atoms with Crippen LogP contribution in [0.4, 0.5) is 18.0 Å². The fraction of sp³-hybridized carbons (Fsp3) is 0.417. The predicted octanol–water partition coefficient (Wildman–Crippen LogP) is 2.41. The van der Waals surface area contributed by atoms with Crippen molar-refractivity contribution in [2.24, 2.45) is 5.73 Å². The number of carbonyl (C=O) groups excluding carboxylic acids is 1. The minimum atomic E-state index is -4.66. The fourth-order valence-electron chi connectivity index (χ4n) is 1.98. The molecule has 1 aromatic carbocycles. The molecule has 1 aliphatic heterocycles. The number of para-hydroxylation sites is 1. The smallest absolute Gasteiger partial charge is 0.431 e. The Labute approximate surface area is 107 Å². The molecule has 1 aliphatic rings. The number of carbonyl (C=O) groups is 1. The summed E-state index contributed by atoms with van der Waals surface area (Å²) < 4.78 is 48.9. The van der Waals surface area contributed by atoms with Crippen LogP contribution in [0.1, 0.15) is 12.0 Å². The number of alkyl halides is 3. The maximum absolute atomic E-state index is 13.2. The molecule has 0 spiro atoms. The van der Waals surface area contributed by atoms with Crippen molar-refractivity contribution in [3.05, 3.63) is 29.8 Å². The van der Waals surface area contributed by atoms with E-state index in [0.717, 1.165) is 0 Å². The summed E-state index contributed by atoms with van der Waals surface area (Å²) in [4.78, 5) is 10.5. The van der Waals surface area contributed by atoms with Gasteiger partial charge in [-0.3, -0.25) is 0 Å². The van der Waals surface area contributed by atoms with Crippen molar-refractivity contribution in [3.8, 4) is 5.75 Å². The largest absolute Gasteiger partial charge is 0.474 e. The molecule has 1 aromatic rings. The summed E-state index contributed by atoms with van der Waals surface area (Å²) in [6.07, 6.45) is -6.04. The van der Waals surface area contributed by atoms with Gasteiger partial charge in [0.05, 0.1) is 0 Å². The van der Waals surface area contributed by atoms with E-state index in [9.17, 15) is 18.0 Å². The molecule has 0 saturated heterocycles. The number of benzene rings is 1. The highest BCUT2D eigenvalue weighted by atomic mass is 19.4. The molecule has 7 heteroatoms. The maximum Gasteiger partial charge on any atom is 0.431 e. The molecular weight excluding hydrogens is 263 g/mol. The van der Waals surface area contributed by atoms with Crippen LogP contribution in [0.2, 0.25) is 0 Å². The summed E-state index contributed by atoms with van der Waals surface area (Å²) in [6, 6.07) is 6.47. The van der Waals surface area contributed by atoms with Gasteiger partial charge < -0.3 is 15.2 Å². The fourth-order valence-corrected chi connectivity index (χ4v) is 1.98. The van der Waals surface area contributed by atoms with Crippen molar-refractivity contribution in [2.45, 2.75) is 24.6 Å². The van der Waals surface area contributed by atoms with Crippen molar-refractivity contribution in [3.63, 3.8) is 0 Å². The Morgan fingerprint density at radius 2 is 2.11 bits per heavy atom. The van der Waals surface area contributed by atoms with Gasteiger partial charge in [-0.05, 0) is 18.1 Å². The molecule has 19 heavy (non-hydrogen) atoms. The highest BCUT2D eigenvalue weighted by Gasteiger charge is 2.59. The van der Waals surface area contributed by atoms with Crippen molar-refractivity contribution in [2.75, 3.05) is 6.61 Å². The molecule has 0 bridgehead atoms. The van der Waals surface area contributed by atoms with Crippen molar-refractivity contribution < 1.29 is 27.4 Å². The second-order valence-corrected chi connectivity index (χ2v) is 4.31. The standard InChI is InChI=1S/C12H12F3NO3/c13-12(14,15)11(7-18-10(16)17)6-5-8-3-1-2-4-9(8)19-11/h1-4H,5-7H2,(H2,16,17). The van der Waals surface area contributed by atoms with Gasteiger partial charge in [-0.25, -0.2) is 4.79 Å². The normalized spacial score (nSPS) is 22.3. The Hall–Kier alpha value is -1.92. The van der Waals surface area contributed by atoms with E-state index in [1.165, 1.54) is 6.07 Å². The summed E-state index contributed by atoms with van der Waals surface area (Å²) in [5.74, 6) is 0.152. The van der Waals surface area contributed by atoms with E-state index in [0.29, 0.717) is 5.56 Å². The summed E-state index contributed by atoms with van der Waals surface area (Å²) >= 11 is 0. The number of ether oxygens (including phenoxy) is 2. The highest BCUT2D eigenvalue weighted by molar-refractivity contribution is 5.64. The molecular formula is C12H12F3NO3. The van der Waals surface area contributed by atoms with Gasteiger partial charge in [0, 0.05) is 6.42 Å². The number of aryl methyl sites for hydroxylation is 1. The first kappa shape index (κ1) is 13.5. The Balaban J connectivity index is 2.29.